The SMILES string of the molecule is CNC1CC(OCCC(F)(F)F)C12CCCC2. The molecule has 1 spiro atoms. The number of hydrogen-bond acceptors (Lipinski definition) is 2. The van der Waals surface area contributed by atoms with Crippen LogP contribution in [0.3, 0.4) is 0 Å². The van der Waals surface area contributed by atoms with Gasteiger partial charge in [-0.05, 0) is 26.3 Å². The van der Waals surface area contributed by atoms with E-state index in [0.717, 1.165) is 19.3 Å². The van der Waals surface area contributed by atoms with Crippen LogP contribution in [0.4, 0.5) is 13.2 Å². The van der Waals surface area contributed by atoms with Crippen LogP contribution in [0.15, 0.2) is 0 Å². The number of alkyl halides is 3. The smallest absolute Gasteiger partial charge is 0.377 e. The first kappa shape index (κ1) is 13.1. The van der Waals surface area contributed by atoms with Gasteiger partial charge in [-0.1, -0.05) is 12.8 Å². The zero-order chi connectivity index (χ0) is 12.5. The summed E-state index contributed by atoms with van der Waals surface area (Å²) in [4.78, 5) is 0. The Hall–Kier alpha value is -0.290. The first-order valence-corrected chi connectivity index (χ1v) is 6.33. The molecular weight excluding hydrogens is 231 g/mol. The molecule has 0 aromatic heterocycles. The Morgan fingerprint density at radius 2 is 1.94 bits per heavy atom. The monoisotopic (exact) mass is 251 g/mol. The van der Waals surface area contributed by atoms with E-state index in [1.807, 2.05) is 7.05 Å². The molecule has 0 amide bonds. The highest BCUT2D eigenvalue weighted by molar-refractivity contribution is 5.09. The highest BCUT2D eigenvalue weighted by Crippen LogP contribution is 2.54. The number of hydrogen-bond donors (Lipinski definition) is 1. The lowest BCUT2D eigenvalue weighted by molar-refractivity contribution is -0.175. The van der Waals surface area contributed by atoms with Gasteiger partial charge in [0.05, 0.1) is 19.1 Å². The highest BCUT2D eigenvalue weighted by atomic mass is 19.4. The quantitative estimate of drug-likeness (QED) is 0.829. The molecule has 0 radical (unpaired) electrons. The van der Waals surface area contributed by atoms with Crippen molar-refractivity contribution in [3.05, 3.63) is 0 Å². The van der Waals surface area contributed by atoms with Gasteiger partial charge in [-0.2, -0.15) is 13.2 Å². The first-order chi connectivity index (χ1) is 7.98. The number of halogens is 3. The normalized spacial score (nSPS) is 31.8. The lowest BCUT2D eigenvalue weighted by Gasteiger charge is -2.54. The summed E-state index contributed by atoms with van der Waals surface area (Å²) in [7, 11) is 1.93. The molecule has 2 aliphatic rings. The average Bonchev–Trinajstić information content (AvgIpc) is 2.72. The fourth-order valence-electron chi connectivity index (χ4n) is 3.41. The van der Waals surface area contributed by atoms with E-state index >= 15 is 0 Å². The minimum absolute atomic E-state index is 0.0322. The predicted molar refractivity (Wildman–Crippen MR) is 58.8 cm³/mol. The van der Waals surface area contributed by atoms with Gasteiger partial charge < -0.3 is 10.1 Å². The van der Waals surface area contributed by atoms with Gasteiger partial charge >= 0.3 is 6.18 Å². The summed E-state index contributed by atoms with van der Waals surface area (Å²) in [6.45, 7) is -0.188. The third-order valence-corrected chi connectivity index (χ3v) is 4.37. The van der Waals surface area contributed by atoms with Crippen molar-refractivity contribution in [2.24, 2.45) is 5.41 Å². The summed E-state index contributed by atoms with van der Waals surface area (Å²) in [5, 5.41) is 3.27. The third kappa shape index (κ3) is 2.60. The van der Waals surface area contributed by atoms with E-state index in [0.29, 0.717) is 6.04 Å². The van der Waals surface area contributed by atoms with Gasteiger partial charge in [-0.15, -0.1) is 0 Å². The maximum Gasteiger partial charge on any atom is 0.391 e. The predicted octanol–water partition coefficient (Wildman–Crippen LogP) is 2.88. The average molecular weight is 251 g/mol. The van der Waals surface area contributed by atoms with Gasteiger partial charge in [0.25, 0.3) is 0 Å². The number of ether oxygens (including phenoxy) is 1. The zero-order valence-corrected chi connectivity index (χ0v) is 10.1. The first-order valence-electron chi connectivity index (χ1n) is 6.33. The molecule has 2 saturated carbocycles. The second kappa shape index (κ2) is 4.76. The molecule has 0 aromatic carbocycles. The lowest BCUT2D eigenvalue weighted by atomic mass is 9.60. The summed E-state index contributed by atoms with van der Waals surface area (Å²) < 4.78 is 41.6. The van der Waals surface area contributed by atoms with Gasteiger partial charge in [0.2, 0.25) is 0 Å². The van der Waals surface area contributed by atoms with Crippen LogP contribution in [-0.4, -0.2) is 32.0 Å². The Morgan fingerprint density at radius 1 is 1.29 bits per heavy atom. The molecule has 17 heavy (non-hydrogen) atoms. The molecule has 5 heteroatoms. The van der Waals surface area contributed by atoms with Gasteiger partial charge in [-0.25, -0.2) is 0 Å². The number of nitrogens with one attached hydrogen (secondary N) is 1. The Labute approximate surface area is 99.9 Å². The van der Waals surface area contributed by atoms with E-state index in [1.165, 1.54) is 12.8 Å². The Bertz CT molecular complexity index is 261. The van der Waals surface area contributed by atoms with Crippen LogP contribution in [0.5, 0.6) is 0 Å². The fraction of sp³-hybridized carbons (Fsp3) is 1.00. The lowest BCUT2D eigenvalue weighted by Crippen LogP contribution is -2.62. The van der Waals surface area contributed by atoms with Crippen molar-refractivity contribution in [1.82, 2.24) is 5.32 Å². The molecule has 0 heterocycles. The molecule has 2 rings (SSSR count). The topological polar surface area (TPSA) is 21.3 Å². The van der Waals surface area contributed by atoms with Crippen molar-refractivity contribution in [3.8, 4) is 0 Å². The van der Waals surface area contributed by atoms with Crippen molar-refractivity contribution in [1.29, 1.82) is 0 Å². The van der Waals surface area contributed by atoms with E-state index in [1.54, 1.807) is 0 Å². The van der Waals surface area contributed by atoms with Crippen molar-refractivity contribution in [2.45, 2.75) is 56.8 Å². The largest absolute Gasteiger partial charge is 0.391 e. The van der Waals surface area contributed by atoms with E-state index in [4.69, 9.17) is 4.74 Å². The summed E-state index contributed by atoms with van der Waals surface area (Å²) in [6.07, 6.45) is 0.497. The minimum atomic E-state index is -4.10. The molecule has 0 aliphatic heterocycles. The van der Waals surface area contributed by atoms with Crippen LogP contribution in [0, 0.1) is 5.41 Å². The molecule has 0 aromatic rings. The zero-order valence-electron chi connectivity index (χ0n) is 10.1. The van der Waals surface area contributed by atoms with Crippen LogP contribution >= 0.6 is 0 Å². The second-order valence-electron chi connectivity index (χ2n) is 5.24. The Balaban J connectivity index is 1.82. The molecule has 0 saturated heterocycles. The number of rotatable bonds is 4. The van der Waals surface area contributed by atoms with Crippen molar-refractivity contribution >= 4 is 0 Å². The maximum atomic E-state index is 12.0. The van der Waals surface area contributed by atoms with E-state index in [2.05, 4.69) is 5.32 Å². The highest BCUT2D eigenvalue weighted by Gasteiger charge is 2.56. The summed E-state index contributed by atoms with van der Waals surface area (Å²) in [5.74, 6) is 0. The van der Waals surface area contributed by atoms with Crippen molar-refractivity contribution in [3.63, 3.8) is 0 Å². The summed E-state index contributed by atoms with van der Waals surface area (Å²) in [6, 6.07) is 0.431. The van der Waals surface area contributed by atoms with Crippen LogP contribution in [0.2, 0.25) is 0 Å². The van der Waals surface area contributed by atoms with E-state index in [-0.39, 0.29) is 18.1 Å². The Morgan fingerprint density at radius 3 is 2.47 bits per heavy atom. The van der Waals surface area contributed by atoms with E-state index in [9.17, 15) is 13.2 Å². The molecule has 0 bridgehead atoms. The molecular formula is C12H20F3NO. The van der Waals surface area contributed by atoms with Gasteiger partial charge in [-0.3, -0.25) is 0 Å². The van der Waals surface area contributed by atoms with Crippen LogP contribution in [0.25, 0.3) is 0 Å². The van der Waals surface area contributed by atoms with Crippen LogP contribution < -0.4 is 5.32 Å². The maximum absolute atomic E-state index is 12.0. The second-order valence-corrected chi connectivity index (χ2v) is 5.24. The van der Waals surface area contributed by atoms with Gasteiger partial charge in [0, 0.05) is 11.5 Å². The molecule has 2 nitrogen and oxygen atoms in total. The molecule has 2 aliphatic carbocycles. The summed E-state index contributed by atoms with van der Waals surface area (Å²) >= 11 is 0. The molecule has 1 N–H and O–H groups in total. The minimum Gasteiger partial charge on any atom is -0.377 e. The third-order valence-electron chi connectivity index (χ3n) is 4.37. The van der Waals surface area contributed by atoms with Gasteiger partial charge in [0.1, 0.15) is 0 Å². The molecule has 2 unspecified atom stereocenters. The Kier molecular flexibility index (Phi) is 3.69. The standard InChI is InChI=1S/C12H20F3NO/c1-16-9-8-10(11(9)4-2-3-5-11)17-7-6-12(13,14)15/h9-10,16H,2-8H2,1H3. The summed E-state index contributed by atoms with van der Waals surface area (Å²) in [5.41, 5.74) is 0.125. The molecule has 2 fully saturated rings. The molecule has 2 atom stereocenters. The fourth-order valence-corrected chi connectivity index (χ4v) is 3.41. The van der Waals surface area contributed by atoms with Crippen LogP contribution in [-0.2, 0) is 4.74 Å². The van der Waals surface area contributed by atoms with Crippen molar-refractivity contribution < 1.29 is 17.9 Å². The van der Waals surface area contributed by atoms with Gasteiger partial charge in [0.15, 0.2) is 0 Å². The molecule has 100 valence electrons. The van der Waals surface area contributed by atoms with E-state index < -0.39 is 12.6 Å². The van der Waals surface area contributed by atoms with Crippen LogP contribution in [0.1, 0.15) is 38.5 Å². The van der Waals surface area contributed by atoms with Crippen molar-refractivity contribution in [2.75, 3.05) is 13.7 Å².